The van der Waals surface area contributed by atoms with Gasteiger partial charge in [-0.3, -0.25) is 0 Å². The Morgan fingerprint density at radius 1 is 0.293 bits per heavy atom. The Bertz CT molecular complexity index is 3430. The van der Waals surface area contributed by atoms with Crippen molar-refractivity contribution in [1.29, 1.82) is 5.26 Å². The van der Waals surface area contributed by atoms with E-state index in [-0.39, 0.29) is 0 Å². The summed E-state index contributed by atoms with van der Waals surface area (Å²) >= 11 is 0. The average molecular weight is 740 g/mol. The zero-order chi connectivity index (χ0) is 38.6. The molecule has 0 saturated heterocycles. The van der Waals surface area contributed by atoms with Crippen LogP contribution in [0.15, 0.2) is 209 Å². The predicted molar refractivity (Wildman–Crippen MR) is 238 cm³/mol. The monoisotopic (exact) mass is 739 g/mol. The summed E-state index contributed by atoms with van der Waals surface area (Å²) in [6.45, 7) is 0. The van der Waals surface area contributed by atoms with E-state index in [1.807, 2.05) is 42.5 Å². The fraction of sp³-hybridized carbons (Fsp3) is 0. The molecule has 0 amide bonds. The Hall–Kier alpha value is -7.93. The molecular formula is C55H33NO2. The van der Waals surface area contributed by atoms with Gasteiger partial charge in [0.15, 0.2) is 0 Å². The normalized spacial score (nSPS) is 11.4. The molecule has 0 fully saturated rings. The van der Waals surface area contributed by atoms with Gasteiger partial charge in [0.2, 0.25) is 0 Å². The third-order valence-corrected chi connectivity index (χ3v) is 11.3. The lowest BCUT2D eigenvalue weighted by Gasteiger charge is -2.12. The molecular weight excluding hydrogens is 707 g/mol. The van der Waals surface area contributed by atoms with E-state index in [1.54, 1.807) is 0 Å². The first kappa shape index (κ1) is 33.4. The van der Waals surface area contributed by atoms with Crippen molar-refractivity contribution in [3.8, 4) is 72.8 Å². The van der Waals surface area contributed by atoms with Gasteiger partial charge in [0.25, 0.3) is 0 Å². The highest BCUT2D eigenvalue weighted by atomic mass is 16.3. The number of hydrogen-bond acceptors (Lipinski definition) is 3. The number of rotatable bonds is 6. The van der Waals surface area contributed by atoms with Gasteiger partial charge in [-0.2, -0.15) is 5.26 Å². The van der Waals surface area contributed by atoms with Gasteiger partial charge in [0, 0.05) is 32.7 Å². The quantitative estimate of drug-likeness (QED) is 0.171. The van der Waals surface area contributed by atoms with E-state index < -0.39 is 0 Å². The molecule has 2 aromatic heterocycles. The number of nitrogens with zero attached hydrogens (tertiary/aromatic N) is 1. The molecule has 3 heteroatoms. The molecule has 58 heavy (non-hydrogen) atoms. The van der Waals surface area contributed by atoms with E-state index in [9.17, 15) is 5.26 Å². The molecule has 0 spiro atoms. The highest BCUT2D eigenvalue weighted by Crippen LogP contribution is 2.40. The van der Waals surface area contributed by atoms with Crippen LogP contribution >= 0.6 is 0 Å². The van der Waals surface area contributed by atoms with Gasteiger partial charge < -0.3 is 8.83 Å². The van der Waals surface area contributed by atoms with Crippen molar-refractivity contribution in [2.75, 3.05) is 0 Å². The van der Waals surface area contributed by atoms with Crippen molar-refractivity contribution < 1.29 is 8.83 Å². The summed E-state index contributed by atoms with van der Waals surface area (Å²) in [6, 6.07) is 72.2. The van der Waals surface area contributed by atoms with Gasteiger partial charge in [-0.15, -0.1) is 0 Å². The molecule has 0 aliphatic rings. The highest BCUT2D eigenvalue weighted by Gasteiger charge is 2.16. The summed E-state index contributed by atoms with van der Waals surface area (Å²) in [5.74, 6) is 0. The summed E-state index contributed by atoms with van der Waals surface area (Å²) in [7, 11) is 0. The second-order valence-corrected chi connectivity index (χ2v) is 14.8. The van der Waals surface area contributed by atoms with Gasteiger partial charge in [-0.1, -0.05) is 146 Å². The van der Waals surface area contributed by atoms with E-state index in [2.05, 4.69) is 164 Å². The minimum atomic E-state index is 0.602. The Morgan fingerprint density at radius 2 is 0.638 bits per heavy atom. The van der Waals surface area contributed by atoms with Crippen LogP contribution in [0.2, 0.25) is 0 Å². The molecule has 0 aliphatic heterocycles. The third-order valence-electron chi connectivity index (χ3n) is 11.3. The molecule has 270 valence electrons. The van der Waals surface area contributed by atoms with Gasteiger partial charge >= 0.3 is 0 Å². The van der Waals surface area contributed by atoms with Crippen LogP contribution in [0.25, 0.3) is 111 Å². The number of furan rings is 2. The molecule has 3 nitrogen and oxygen atoms in total. The lowest BCUT2D eigenvalue weighted by Crippen LogP contribution is -1.87. The zero-order valence-corrected chi connectivity index (χ0v) is 31.3. The van der Waals surface area contributed by atoms with Crippen molar-refractivity contribution in [2.24, 2.45) is 0 Å². The van der Waals surface area contributed by atoms with Gasteiger partial charge in [0.05, 0.1) is 11.6 Å². The number of benzene rings is 9. The molecule has 11 aromatic rings. The van der Waals surface area contributed by atoms with Crippen molar-refractivity contribution in [3.05, 3.63) is 206 Å². The van der Waals surface area contributed by atoms with Crippen molar-refractivity contribution in [2.45, 2.75) is 0 Å². The zero-order valence-electron chi connectivity index (χ0n) is 31.3. The minimum Gasteiger partial charge on any atom is -0.455 e. The number of para-hydroxylation sites is 4. The van der Waals surface area contributed by atoms with E-state index >= 15 is 0 Å². The lowest BCUT2D eigenvalue weighted by molar-refractivity contribution is 0.669. The smallest absolute Gasteiger partial charge is 0.143 e. The van der Waals surface area contributed by atoms with E-state index in [4.69, 9.17) is 8.83 Å². The molecule has 11 rings (SSSR count). The largest absolute Gasteiger partial charge is 0.455 e. The van der Waals surface area contributed by atoms with Crippen LogP contribution in [0.4, 0.5) is 0 Å². The molecule has 0 saturated carbocycles. The van der Waals surface area contributed by atoms with Crippen molar-refractivity contribution in [1.82, 2.24) is 0 Å². The first-order valence-corrected chi connectivity index (χ1v) is 19.5. The van der Waals surface area contributed by atoms with Crippen LogP contribution in [0.5, 0.6) is 0 Å². The third kappa shape index (κ3) is 5.75. The molecule has 0 radical (unpaired) electrons. The molecule has 0 unspecified atom stereocenters. The maximum absolute atomic E-state index is 10.1. The SMILES string of the molecule is N#Cc1cc(-c2cccc(-c3cccc(-c4cccc(-c5cccc(-c6cccc7c6oc6ccccc67)c5)c4)c3)c2)cc(-c2cccc3c2oc2ccccc23)c1. The van der Waals surface area contributed by atoms with Gasteiger partial charge in [-0.25, -0.2) is 0 Å². The Balaban J connectivity index is 0.924. The van der Waals surface area contributed by atoms with Crippen LogP contribution in [0.1, 0.15) is 5.56 Å². The lowest BCUT2D eigenvalue weighted by atomic mass is 9.92. The summed E-state index contributed by atoms with van der Waals surface area (Å²) < 4.78 is 12.8. The molecule has 2 heterocycles. The second-order valence-electron chi connectivity index (χ2n) is 14.8. The van der Waals surface area contributed by atoms with Gasteiger partial charge in [0.1, 0.15) is 22.3 Å². The van der Waals surface area contributed by atoms with Gasteiger partial charge in [-0.05, 0) is 110 Å². The summed E-state index contributed by atoms with van der Waals surface area (Å²) in [5, 5.41) is 14.5. The van der Waals surface area contributed by atoms with Crippen molar-refractivity contribution in [3.63, 3.8) is 0 Å². The van der Waals surface area contributed by atoms with Crippen LogP contribution < -0.4 is 0 Å². The van der Waals surface area contributed by atoms with E-state index in [0.717, 1.165) is 111 Å². The van der Waals surface area contributed by atoms with Crippen LogP contribution in [0, 0.1) is 11.3 Å². The summed E-state index contributed by atoms with van der Waals surface area (Å²) in [4.78, 5) is 0. The first-order valence-electron chi connectivity index (χ1n) is 19.5. The second kappa shape index (κ2) is 13.7. The van der Waals surface area contributed by atoms with Crippen LogP contribution in [0.3, 0.4) is 0 Å². The Labute approximate surface area is 335 Å². The topological polar surface area (TPSA) is 50.1 Å². The van der Waals surface area contributed by atoms with Crippen LogP contribution in [-0.2, 0) is 0 Å². The fourth-order valence-corrected chi connectivity index (χ4v) is 8.46. The molecule has 0 aliphatic carbocycles. The first-order chi connectivity index (χ1) is 28.7. The minimum absolute atomic E-state index is 0.602. The Morgan fingerprint density at radius 3 is 1.12 bits per heavy atom. The molecule has 0 atom stereocenters. The predicted octanol–water partition coefficient (Wildman–Crippen LogP) is 15.4. The summed E-state index contributed by atoms with van der Waals surface area (Å²) in [5.41, 5.74) is 17.0. The average Bonchev–Trinajstić information content (AvgIpc) is 3.88. The summed E-state index contributed by atoms with van der Waals surface area (Å²) in [6.07, 6.45) is 0. The number of fused-ring (bicyclic) bond motifs is 6. The number of nitriles is 1. The molecule has 9 aromatic carbocycles. The van der Waals surface area contributed by atoms with Crippen molar-refractivity contribution >= 4 is 43.9 Å². The molecule has 0 N–H and O–H groups in total. The maximum atomic E-state index is 10.1. The maximum Gasteiger partial charge on any atom is 0.143 e. The highest BCUT2D eigenvalue weighted by molar-refractivity contribution is 6.10. The van der Waals surface area contributed by atoms with Crippen LogP contribution in [-0.4, -0.2) is 0 Å². The Kier molecular flexibility index (Phi) is 7.88. The standard InChI is InChI=1S/C55H33NO2/c56-34-35-27-44(33-45(28-35)47-22-10-24-51-49-20-2-4-26-53(49)58-55(47)51)42-17-7-15-40(31-42)38-13-5-11-36(29-38)37-12-6-14-39(30-37)41-16-8-18-43(32-41)46-21-9-23-50-48-19-1-3-25-52(48)57-54(46)50/h1-33H. The molecule has 0 bridgehead atoms. The number of hydrogen-bond donors (Lipinski definition) is 0. The van der Waals surface area contributed by atoms with E-state index in [0.29, 0.717) is 5.56 Å². The van der Waals surface area contributed by atoms with E-state index in [1.165, 1.54) is 0 Å². The fourth-order valence-electron chi connectivity index (χ4n) is 8.46.